The van der Waals surface area contributed by atoms with Gasteiger partial charge in [0.25, 0.3) is 0 Å². The fourth-order valence-electron chi connectivity index (χ4n) is 2.40. The van der Waals surface area contributed by atoms with Crippen LogP contribution in [-0.4, -0.2) is 9.55 Å². The van der Waals surface area contributed by atoms with Gasteiger partial charge < -0.3 is 10.3 Å². The van der Waals surface area contributed by atoms with Gasteiger partial charge in [-0.15, -0.1) is 0 Å². The summed E-state index contributed by atoms with van der Waals surface area (Å²) in [5.74, 6) is 0.771. The quantitative estimate of drug-likeness (QED) is 0.603. The number of imidazole rings is 1. The summed E-state index contributed by atoms with van der Waals surface area (Å²) in [5, 5.41) is 0.980. The normalized spacial score (nSPS) is 11.2. The first-order valence-corrected chi connectivity index (χ1v) is 7.97. The van der Waals surface area contributed by atoms with E-state index >= 15 is 0 Å². The number of aryl methyl sites for hydroxylation is 1. The lowest BCUT2D eigenvalue weighted by Gasteiger charge is -2.10. The van der Waals surface area contributed by atoms with Crippen molar-refractivity contribution in [3.8, 4) is 11.4 Å². The molecule has 2 aromatic carbocycles. The molecule has 2 N–H and O–H groups in total. The van der Waals surface area contributed by atoms with Crippen molar-refractivity contribution in [3.63, 3.8) is 0 Å². The van der Waals surface area contributed by atoms with Crippen molar-refractivity contribution in [2.75, 3.05) is 5.73 Å². The van der Waals surface area contributed by atoms with E-state index in [9.17, 15) is 0 Å². The average molecular weight is 385 g/mol. The van der Waals surface area contributed by atoms with Gasteiger partial charge in [0.1, 0.15) is 5.82 Å². The number of nitrogen functional groups attached to an aromatic ring is 1. The molecule has 0 saturated heterocycles. The second-order valence-corrected chi connectivity index (χ2v) is 6.42. The lowest BCUT2D eigenvalue weighted by atomic mass is 10.1. The molecule has 0 amide bonds. The molecule has 0 unspecified atom stereocenters. The molecule has 108 valence electrons. The van der Waals surface area contributed by atoms with Gasteiger partial charge in [-0.1, -0.05) is 39.1 Å². The Morgan fingerprint density at radius 1 is 1.24 bits per heavy atom. The topological polar surface area (TPSA) is 43.8 Å². The van der Waals surface area contributed by atoms with Crippen LogP contribution in [0.2, 0.25) is 10.0 Å². The van der Waals surface area contributed by atoms with Crippen LogP contribution in [0.15, 0.2) is 34.8 Å². The molecular formula is C15H12BrCl2N3. The standard InChI is InChI=1S/C15H12BrCl2N3/c1-2-21-13-4-3-8(16)5-12(13)20-15(21)10-6-9(17)7-11(18)14(10)19/h3-7H,2,19H2,1H3. The van der Waals surface area contributed by atoms with Crippen LogP contribution in [0.4, 0.5) is 5.69 Å². The third-order valence-electron chi connectivity index (χ3n) is 3.36. The van der Waals surface area contributed by atoms with Crippen LogP contribution in [0.3, 0.4) is 0 Å². The Balaban J connectivity index is 2.35. The number of halogens is 3. The molecule has 1 heterocycles. The average Bonchev–Trinajstić information content (AvgIpc) is 2.79. The maximum Gasteiger partial charge on any atom is 0.143 e. The highest BCUT2D eigenvalue weighted by Gasteiger charge is 2.16. The monoisotopic (exact) mass is 383 g/mol. The smallest absolute Gasteiger partial charge is 0.143 e. The fraction of sp³-hybridized carbons (Fsp3) is 0.133. The van der Waals surface area contributed by atoms with Crippen molar-refractivity contribution in [1.29, 1.82) is 0 Å². The molecule has 3 rings (SSSR count). The zero-order valence-electron chi connectivity index (χ0n) is 11.2. The lowest BCUT2D eigenvalue weighted by molar-refractivity contribution is 0.796. The van der Waals surface area contributed by atoms with E-state index in [1.54, 1.807) is 12.1 Å². The predicted octanol–water partition coefficient (Wildman–Crippen LogP) is 5.37. The Labute approximate surface area is 140 Å². The molecule has 0 radical (unpaired) electrons. The van der Waals surface area contributed by atoms with Gasteiger partial charge in [-0.3, -0.25) is 0 Å². The van der Waals surface area contributed by atoms with Gasteiger partial charge in [0.05, 0.1) is 21.7 Å². The summed E-state index contributed by atoms with van der Waals surface area (Å²) < 4.78 is 3.08. The number of benzene rings is 2. The third kappa shape index (κ3) is 2.52. The summed E-state index contributed by atoms with van der Waals surface area (Å²) in [7, 11) is 0. The molecule has 3 aromatic rings. The number of anilines is 1. The van der Waals surface area contributed by atoms with Crippen molar-refractivity contribution < 1.29 is 0 Å². The van der Waals surface area contributed by atoms with E-state index in [2.05, 4.69) is 27.4 Å². The molecule has 0 saturated carbocycles. The molecule has 0 aliphatic rings. The summed E-state index contributed by atoms with van der Waals surface area (Å²) in [4.78, 5) is 4.69. The Bertz CT molecular complexity index is 843. The molecule has 21 heavy (non-hydrogen) atoms. The number of hydrogen-bond acceptors (Lipinski definition) is 2. The molecule has 0 atom stereocenters. The third-order valence-corrected chi connectivity index (χ3v) is 4.39. The molecule has 0 aliphatic heterocycles. The number of hydrogen-bond donors (Lipinski definition) is 1. The highest BCUT2D eigenvalue weighted by Crippen LogP contribution is 2.36. The van der Waals surface area contributed by atoms with E-state index < -0.39 is 0 Å². The lowest BCUT2D eigenvalue weighted by Crippen LogP contribution is -2.00. The maximum absolute atomic E-state index is 6.13. The van der Waals surface area contributed by atoms with Crippen LogP contribution in [-0.2, 0) is 6.54 Å². The van der Waals surface area contributed by atoms with Gasteiger partial charge in [0.15, 0.2) is 0 Å². The van der Waals surface area contributed by atoms with Crippen molar-refractivity contribution in [1.82, 2.24) is 9.55 Å². The highest BCUT2D eigenvalue weighted by molar-refractivity contribution is 9.10. The predicted molar refractivity (Wildman–Crippen MR) is 93.0 cm³/mol. The Kier molecular flexibility index (Phi) is 3.86. The van der Waals surface area contributed by atoms with Crippen LogP contribution in [0.5, 0.6) is 0 Å². The molecular weight excluding hydrogens is 373 g/mol. The number of fused-ring (bicyclic) bond motifs is 1. The zero-order valence-corrected chi connectivity index (χ0v) is 14.3. The maximum atomic E-state index is 6.13. The van der Waals surface area contributed by atoms with Gasteiger partial charge >= 0.3 is 0 Å². The van der Waals surface area contributed by atoms with Crippen LogP contribution >= 0.6 is 39.1 Å². The SMILES string of the molecule is CCn1c(-c2cc(Cl)cc(Cl)c2N)nc2cc(Br)ccc21. The Morgan fingerprint density at radius 2 is 2.00 bits per heavy atom. The van der Waals surface area contributed by atoms with Gasteiger partial charge in [-0.05, 0) is 37.3 Å². The molecule has 6 heteroatoms. The molecule has 0 fully saturated rings. The van der Waals surface area contributed by atoms with Gasteiger partial charge in [0, 0.05) is 21.6 Å². The second kappa shape index (κ2) is 5.52. The summed E-state index contributed by atoms with van der Waals surface area (Å²) in [6, 6.07) is 9.44. The van der Waals surface area contributed by atoms with E-state index in [1.807, 2.05) is 18.2 Å². The van der Waals surface area contributed by atoms with E-state index in [0.29, 0.717) is 15.7 Å². The first kappa shape index (κ1) is 14.7. The molecule has 0 bridgehead atoms. The number of nitrogens with two attached hydrogens (primary N) is 1. The number of aromatic nitrogens is 2. The van der Waals surface area contributed by atoms with Crippen molar-refractivity contribution in [3.05, 3.63) is 44.8 Å². The molecule has 0 aliphatic carbocycles. The molecule has 1 aromatic heterocycles. The van der Waals surface area contributed by atoms with E-state index in [0.717, 1.165) is 33.4 Å². The second-order valence-electron chi connectivity index (χ2n) is 4.66. The minimum atomic E-state index is 0.438. The van der Waals surface area contributed by atoms with Crippen LogP contribution < -0.4 is 5.73 Å². The first-order valence-electron chi connectivity index (χ1n) is 6.42. The fourth-order valence-corrected chi connectivity index (χ4v) is 3.24. The van der Waals surface area contributed by atoms with Crippen LogP contribution in [0, 0.1) is 0 Å². The summed E-state index contributed by atoms with van der Waals surface area (Å²) in [6.07, 6.45) is 0. The Hall–Kier alpha value is -1.23. The van der Waals surface area contributed by atoms with E-state index in [4.69, 9.17) is 33.9 Å². The number of rotatable bonds is 2. The van der Waals surface area contributed by atoms with Crippen molar-refractivity contribution in [2.45, 2.75) is 13.5 Å². The van der Waals surface area contributed by atoms with Crippen LogP contribution in [0.25, 0.3) is 22.4 Å². The summed E-state index contributed by atoms with van der Waals surface area (Å²) >= 11 is 15.7. The van der Waals surface area contributed by atoms with E-state index in [1.165, 1.54) is 0 Å². The summed E-state index contributed by atoms with van der Waals surface area (Å²) in [6.45, 7) is 2.84. The van der Waals surface area contributed by atoms with Gasteiger partial charge in [0.2, 0.25) is 0 Å². The largest absolute Gasteiger partial charge is 0.397 e. The highest BCUT2D eigenvalue weighted by atomic mass is 79.9. The Morgan fingerprint density at radius 3 is 2.71 bits per heavy atom. The van der Waals surface area contributed by atoms with Crippen molar-refractivity contribution in [2.24, 2.45) is 0 Å². The van der Waals surface area contributed by atoms with Gasteiger partial charge in [-0.25, -0.2) is 4.98 Å². The van der Waals surface area contributed by atoms with Crippen LogP contribution in [0.1, 0.15) is 6.92 Å². The number of nitrogens with zero attached hydrogens (tertiary/aromatic N) is 2. The first-order chi connectivity index (χ1) is 10.0. The van der Waals surface area contributed by atoms with Gasteiger partial charge in [-0.2, -0.15) is 0 Å². The zero-order chi connectivity index (χ0) is 15.1. The minimum Gasteiger partial charge on any atom is -0.397 e. The minimum absolute atomic E-state index is 0.438. The van der Waals surface area contributed by atoms with E-state index in [-0.39, 0.29) is 0 Å². The molecule has 3 nitrogen and oxygen atoms in total. The summed E-state index contributed by atoms with van der Waals surface area (Å²) in [5.41, 5.74) is 9.30. The van der Waals surface area contributed by atoms with Crippen molar-refractivity contribution >= 4 is 55.9 Å². The molecule has 0 spiro atoms.